The first kappa shape index (κ1) is 27.8. The second kappa shape index (κ2) is 20.1. The highest BCUT2D eigenvalue weighted by atomic mass is 31.2. The molecule has 0 radical (unpaired) electrons. The van der Waals surface area contributed by atoms with Crippen molar-refractivity contribution in [1.82, 2.24) is 0 Å². The molecule has 7 heteroatoms. The number of hydrogen-bond acceptors (Lipinski definition) is 4. The first-order valence-corrected chi connectivity index (χ1v) is 12.6. The molecule has 28 heavy (non-hydrogen) atoms. The second-order valence-electron chi connectivity index (χ2n) is 7.41. The van der Waals surface area contributed by atoms with Crippen molar-refractivity contribution in [2.75, 3.05) is 19.8 Å². The summed E-state index contributed by atoms with van der Waals surface area (Å²) >= 11 is 0. The molecule has 0 saturated heterocycles. The molecule has 0 aromatic carbocycles. The molecule has 0 aromatic heterocycles. The van der Waals surface area contributed by atoms with E-state index in [0.717, 1.165) is 12.8 Å². The lowest BCUT2D eigenvalue weighted by Crippen LogP contribution is -2.23. The Morgan fingerprint density at radius 2 is 1.32 bits per heavy atom. The first-order valence-electron chi connectivity index (χ1n) is 11.1. The van der Waals surface area contributed by atoms with Crippen molar-refractivity contribution >= 4 is 7.82 Å². The van der Waals surface area contributed by atoms with Crippen LogP contribution in [-0.4, -0.2) is 40.8 Å². The molecular formula is C21H43O6P. The highest BCUT2D eigenvalue weighted by Gasteiger charge is 2.21. The summed E-state index contributed by atoms with van der Waals surface area (Å²) in [5, 5.41) is 8.98. The van der Waals surface area contributed by atoms with Crippen LogP contribution >= 0.6 is 7.82 Å². The quantitative estimate of drug-likeness (QED) is 0.128. The van der Waals surface area contributed by atoms with E-state index in [-0.39, 0.29) is 6.61 Å². The van der Waals surface area contributed by atoms with Gasteiger partial charge in [-0.05, 0) is 32.1 Å². The van der Waals surface area contributed by atoms with Crippen molar-refractivity contribution < 1.29 is 28.7 Å². The summed E-state index contributed by atoms with van der Waals surface area (Å²) < 4.78 is 20.4. The monoisotopic (exact) mass is 422 g/mol. The smallest absolute Gasteiger partial charge is 0.394 e. The number of rotatable bonds is 21. The zero-order valence-corrected chi connectivity index (χ0v) is 18.7. The van der Waals surface area contributed by atoms with Gasteiger partial charge in [0.05, 0.1) is 13.2 Å². The van der Waals surface area contributed by atoms with Crippen LogP contribution in [0.3, 0.4) is 0 Å². The van der Waals surface area contributed by atoms with E-state index in [4.69, 9.17) is 19.6 Å². The first-order chi connectivity index (χ1) is 13.5. The Labute approximate surface area is 172 Å². The van der Waals surface area contributed by atoms with Crippen LogP contribution in [0.2, 0.25) is 0 Å². The van der Waals surface area contributed by atoms with Crippen molar-refractivity contribution in [3.8, 4) is 0 Å². The van der Waals surface area contributed by atoms with Gasteiger partial charge >= 0.3 is 7.82 Å². The standard InChI is InChI=1S/C21H43O6P/c1-2-3-4-5-6-7-8-9-10-11-12-13-14-15-16-17-18-26-20-21(19-22)27-28(23,24)25/h9-10,21-22H,2-8,11-20H2,1H3,(H2,23,24,25)/t21-/m0/s1. The zero-order valence-electron chi connectivity index (χ0n) is 17.8. The number of unbranched alkanes of at least 4 members (excludes halogenated alkanes) is 12. The number of ether oxygens (including phenoxy) is 1. The van der Waals surface area contributed by atoms with Crippen molar-refractivity contribution in [2.45, 2.75) is 103 Å². The van der Waals surface area contributed by atoms with E-state index >= 15 is 0 Å². The highest BCUT2D eigenvalue weighted by Crippen LogP contribution is 2.37. The number of phosphoric acid groups is 1. The maximum absolute atomic E-state index is 10.7. The van der Waals surface area contributed by atoms with E-state index in [2.05, 4.69) is 23.6 Å². The predicted octanol–water partition coefficient (Wildman–Crippen LogP) is 5.51. The van der Waals surface area contributed by atoms with Gasteiger partial charge in [0.15, 0.2) is 0 Å². The molecule has 0 saturated carbocycles. The van der Waals surface area contributed by atoms with E-state index in [1.165, 1.54) is 77.0 Å². The van der Waals surface area contributed by atoms with Gasteiger partial charge in [-0.1, -0.05) is 76.9 Å². The van der Waals surface area contributed by atoms with Crippen LogP contribution in [0.1, 0.15) is 96.8 Å². The molecule has 6 nitrogen and oxygen atoms in total. The molecular weight excluding hydrogens is 379 g/mol. The lowest BCUT2D eigenvalue weighted by molar-refractivity contribution is 0.00414. The van der Waals surface area contributed by atoms with Crippen LogP contribution in [0.5, 0.6) is 0 Å². The second-order valence-corrected chi connectivity index (χ2v) is 8.61. The van der Waals surface area contributed by atoms with Crippen LogP contribution < -0.4 is 0 Å². The zero-order chi connectivity index (χ0) is 20.9. The molecule has 1 atom stereocenters. The fourth-order valence-corrected chi connectivity index (χ4v) is 3.49. The Bertz CT molecular complexity index is 396. The van der Waals surface area contributed by atoms with Gasteiger partial charge in [-0.25, -0.2) is 4.57 Å². The van der Waals surface area contributed by atoms with Gasteiger partial charge in [0.1, 0.15) is 6.10 Å². The number of hydrogen-bond donors (Lipinski definition) is 3. The molecule has 0 rings (SSSR count). The van der Waals surface area contributed by atoms with E-state index < -0.39 is 20.5 Å². The molecule has 0 aliphatic heterocycles. The fraction of sp³-hybridized carbons (Fsp3) is 0.905. The van der Waals surface area contributed by atoms with E-state index in [1.807, 2.05) is 0 Å². The van der Waals surface area contributed by atoms with Crippen molar-refractivity contribution in [3.05, 3.63) is 12.2 Å². The third kappa shape index (κ3) is 22.1. The topological polar surface area (TPSA) is 96.2 Å². The lowest BCUT2D eigenvalue weighted by atomic mass is 10.1. The average molecular weight is 423 g/mol. The average Bonchev–Trinajstić information content (AvgIpc) is 2.65. The van der Waals surface area contributed by atoms with Gasteiger partial charge in [-0.3, -0.25) is 4.52 Å². The van der Waals surface area contributed by atoms with Gasteiger partial charge < -0.3 is 19.6 Å². The molecule has 0 spiro atoms. The summed E-state index contributed by atoms with van der Waals surface area (Å²) in [6, 6.07) is 0. The van der Waals surface area contributed by atoms with Gasteiger partial charge in [0, 0.05) is 6.61 Å². The molecule has 0 aromatic rings. The van der Waals surface area contributed by atoms with Crippen LogP contribution in [0.15, 0.2) is 12.2 Å². The molecule has 0 aliphatic rings. The van der Waals surface area contributed by atoms with Gasteiger partial charge in [0.2, 0.25) is 0 Å². The fourth-order valence-electron chi connectivity index (χ4n) is 2.98. The summed E-state index contributed by atoms with van der Waals surface area (Å²) in [7, 11) is -4.58. The maximum atomic E-state index is 10.7. The SMILES string of the molecule is CCCCCCCCC=CCCCCCCCCOC[C@H](CO)OP(=O)(O)O. The number of aliphatic hydroxyl groups is 1. The Hall–Kier alpha value is -0.230. The molecule has 168 valence electrons. The summed E-state index contributed by atoms with van der Waals surface area (Å²) in [5.74, 6) is 0. The minimum atomic E-state index is -4.58. The van der Waals surface area contributed by atoms with Crippen LogP contribution in [0.4, 0.5) is 0 Å². The molecule has 0 bridgehead atoms. The molecule has 0 fully saturated rings. The number of phosphoric ester groups is 1. The van der Waals surface area contributed by atoms with Gasteiger partial charge in [-0.2, -0.15) is 0 Å². The molecule has 0 unspecified atom stereocenters. The molecule has 0 heterocycles. The van der Waals surface area contributed by atoms with E-state index in [1.54, 1.807) is 0 Å². The Kier molecular flexibility index (Phi) is 19.9. The molecule has 0 aliphatic carbocycles. The van der Waals surface area contributed by atoms with Crippen molar-refractivity contribution in [1.29, 1.82) is 0 Å². The minimum absolute atomic E-state index is 0.00726. The van der Waals surface area contributed by atoms with Gasteiger partial charge in [0.25, 0.3) is 0 Å². The third-order valence-corrected chi connectivity index (χ3v) is 5.17. The summed E-state index contributed by atoms with van der Waals surface area (Å²) in [5.41, 5.74) is 0. The minimum Gasteiger partial charge on any atom is -0.394 e. The van der Waals surface area contributed by atoms with E-state index in [0.29, 0.717) is 6.61 Å². The third-order valence-electron chi connectivity index (χ3n) is 4.59. The van der Waals surface area contributed by atoms with E-state index in [9.17, 15) is 4.57 Å². The highest BCUT2D eigenvalue weighted by molar-refractivity contribution is 7.46. The van der Waals surface area contributed by atoms with Crippen molar-refractivity contribution in [2.24, 2.45) is 0 Å². The van der Waals surface area contributed by atoms with Crippen LogP contribution in [0.25, 0.3) is 0 Å². The van der Waals surface area contributed by atoms with Crippen LogP contribution in [-0.2, 0) is 13.8 Å². The Morgan fingerprint density at radius 3 is 1.82 bits per heavy atom. The Balaban J connectivity index is 3.29. The largest absolute Gasteiger partial charge is 0.470 e. The molecule has 0 amide bonds. The normalized spacial score (nSPS) is 13.4. The maximum Gasteiger partial charge on any atom is 0.470 e. The van der Waals surface area contributed by atoms with Gasteiger partial charge in [-0.15, -0.1) is 0 Å². The summed E-state index contributed by atoms with van der Waals surface area (Å²) in [6.45, 7) is 2.29. The van der Waals surface area contributed by atoms with Crippen molar-refractivity contribution in [3.63, 3.8) is 0 Å². The lowest BCUT2D eigenvalue weighted by Gasteiger charge is -2.15. The van der Waals surface area contributed by atoms with Crippen LogP contribution in [0, 0.1) is 0 Å². The number of allylic oxidation sites excluding steroid dienone is 2. The predicted molar refractivity (Wildman–Crippen MR) is 114 cm³/mol. The number of aliphatic hydroxyl groups excluding tert-OH is 1. The summed E-state index contributed by atoms with van der Waals surface area (Å²) in [6.07, 6.45) is 21.2. The molecule has 3 N–H and O–H groups in total. The summed E-state index contributed by atoms with van der Waals surface area (Å²) in [4.78, 5) is 17.4. The Morgan fingerprint density at radius 1 is 0.821 bits per heavy atom.